The first kappa shape index (κ1) is 27.7. The molecule has 8 nitrogen and oxygen atoms in total. The fourth-order valence-electron chi connectivity index (χ4n) is 6.67. The van der Waals surface area contributed by atoms with E-state index >= 15 is 0 Å². The number of pyridine rings is 1. The van der Waals surface area contributed by atoms with E-state index in [4.69, 9.17) is 15.2 Å². The summed E-state index contributed by atoms with van der Waals surface area (Å²) in [4.78, 5) is 22.2. The number of nitrogens with two attached hydrogens (primary N) is 1. The summed E-state index contributed by atoms with van der Waals surface area (Å²) in [6.45, 7) is 5.14. The Morgan fingerprint density at radius 2 is 1.80 bits per heavy atom. The number of amides is 1. The molecule has 0 spiro atoms. The van der Waals surface area contributed by atoms with Gasteiger partial charge in [-0.05, 0) is 73.0 Å². The third kappa shape index (κ3) is 5.96. The topological polar surface area (TPSA) is 93.0 Å². The number of nitrogens with zero attached hydrogens (tertiary/aromatic N) is 3. The van der Waals surface area contributed by atoms with Crippen LogP contribution < -0.4 is 15.8 Å². The zero-order valence-corrected chi connectivity index (χ0v) is 24.1. The molecule has 1 aliphatic heterocycles. The SMILES string of the molecule is COc1ccnc(N)c1C(=O)N[C@H]1CCC[C@@H]1OCc1ccc(-c2ccc3c(c2)CC[C@@H]3N2CCN(C)CC2)cc1. The van der Waals surface area contributed by atoms with Crippen molar-refractivity contribution in [1.29, 1.82) is 0 Å². The van der Waals surface area contributed by atoms with Crippen LogP contribution in [0.5, 0.6) is 5.75 Å². The quantitative estimate of drug-likeness (QED) is 0.425. The number of nitrogens with one attached hydrogen (secondary N) is 1. The molecule has 2 aromatic carbocycles. The summed E-state index contributed by atoms with van der Waals surface area (Å²) in [6, 6.07) is 17.9. The first-order valence-corrected chi connectivity index (χ1v) is 14.9. The molecule has 3 aliphatic rings. The number of anilines is 1. The van der Waals surface area contributed by atoms with E-state index in [2.05, 4.69) is 69.6 Å². The minimum absolute atomic E-state index is 0.0486. The van der Waals surface area contributed by atoms with Gasteiger partial charge in [-0.1, -0.05) is 42.5 Å². The van der Waals surface area contributed by atoms with Gasteiger partial charge >= 0.3 is 0 Å². The number of carbonyl (C=O) groups is 1. The second-order valence-corrected chi connectivity index (χ2v) is 11.6. The fourth-order valence-corrected chi connectivity index (χ4v) is 6.67. The largest absolute Gasteiger partial charge is 0.496 e. The zero-order valence-electron chi connectivity index (χ0n) is 24.1. The smallest absolute Gasteiger partial charge is 0.259 e. The highest BCUT2D eigenvalue weighted by molar-refractivity contribution is 6.01. The molecule has 2 fully saturated rings. The van der Waals surface area contributed by atoms with Crippen molar-refractivity contribution in [2.45, 2.75) is 56.9 Å². The number of carbonyl (C=O) groups excluding carboxylic acids is 1. The van der Waals surface area contributed by atoms with E-state index < -0.39 is 0 Å². The van der Waals surface area contributed by atoms with Gasteiger partial charge in [0.1, 0.15) is 17.1 Å². The number of rotatable bonds is 8. The van der Waals surface area contributed by atoms with Crippen molar-refractivity contribution in [3.05, 3.63) is 77.0 Å². The van der Waals surface area contributed by atoms with Crippen LogP contribution in [0.1, 0.15) is 58.8 Å². The molecule has 0 radical (unpaired) electrons. The maximum atomic E-state index is 13.0. The molecule has 8 heteroatoms. The summed E-state index contributed by atoms with van der Waals surface area (Å²) in [7, 11) is 3.74. The third-order valence-corrected chi connectivity index (χ3v) is 9.08. The number of aromatic nitrogens is 1. The Balaban J connectivity index is 1.05. The Morgan fingerprint density at radius 1 is 1.02 bits per heavy atom. The van der Waals surface area contributed by atoms with Gasteiger partial charge in [0.15, 0.2) is 0 Å². The summed E-state index contributed by atoms with van der Waals surface area (Å²) in [6.07, 6.45) is 6.65. The van der Waals surface area contributed by atoms with Crippen molar-refractivity contribution in [3.63, 3.8) is 0 Å². The number of methoxy groups -OCH3 is 1. The molecule has 3 aromatic rings. The summed E-state index contributed by atoms with van der Waals surface area (Å²) in [5.41, 5.74) is 12.9. The predicted octanol–water partition coefficient (Wildman–Crippen LogP) is 4.44. The molecule has 2 heterocycles. The normalized spacial score (nSPS) is 22.9. The minimum Gasteiger partial charge on any atom is -0.496 e. The lowest BCUT2D eigenvalue weighted by Gasteiger charge is -2.36. The summed E-state index contributed by atoms with van der Waals surface area (Å²) in [5, 5.41) is 3.10. The van der Waals surface area contributed by atoms with Crippen molar-refractivity contribution >= 4 is 11.7 Å². The van der Waals surface area contributed by atoms with E-state index in [9.17, 15) is 4.79 Å². The summed E-state index contributed by atoms with van der Waals surface area (Å²) in [5.74, 6) is 0.306. The second kappa shape index (κ2) is 12.2. The molecule has 3 atom stereocenters. The lowest BCUT2D eigenvalue weighted by atomic mass is 9.98. The molecule has 1 aromatic heterocycles. The summed E-state index contributed by atoms with van der Waals surface area (Å²) >= 11 is 0. The first-order valence-electron chi connectivity index (χ1n) is 14.9. The number of aryl methyl sites for hydroxylation is 1. The molecule has 3 N–H and O–H groups in total. The number of nitrogen functional groups attached to an aromatic ring is 1. The van der Waals surface area contributed by atoms with Crippen LogP contribution in [0.15, 0.2) is 54.7 Å². The van der Waals surface area contributed by atoms with Crippen LogP contribution in [-0.4, -0.2) is 73.2 Å². The predicted molar refractivity (Wildman–Crippen MR) is 161 cm³/mol. The number of fused-ring (bicyclic) bond motifs is 1. The summed E-state index contributed by atoms with van der Waals surface area (Å²) < 4.78 is 11.6. The van der Waals surface area contributed by atoms with E-state index in [1.54, 1.807) is 6.07 Å². The van der Waals surface area contributed by atoms with Crippen molar-refractivity contribution in [2.24, 2.45) is 0 Å². The molecule has 1 amide bonds. The van der Waals surface area contributed by atoms with Gasteiger partial charge in [0, 0.05) is 38.4 Å². The van der Waals surface area contributed by atoms with Gasteiger partial charge in [0.25, 0.3) is 5.91 Å². The van der Waals surface area contributed by atoms with Crippen LogP contribution in [0.4, 0.5) is 5.82 Å². The van der Waals surface area contributed by atoms with Crippen LogP contribution in [0.3, 0.4) is 0 Å². The third-order valence-electron chi connectivity index (χ3n) is 9.08. The number of likely N-dealkylation sites (N-methyl/N-ethyl adjacent to an activating group) is 1. The van der Waals surface area contributed by atoms with Gasteiger partial charge in [-0.2, -0.15) is 0 Å². The van der Waals surface area contributed by atoms with Gasteiger partial charge in [-0.25, -0.2) is 4.98 Å². The number of piperazine rings is 1. The first-order chi connectivity index (χ1) is 20.0. The van der Waals surface area contributed by atoms with Crippen molar-refractivity contribution in [3.8, 4) is 16.9 Å². The average Bonchev–Trinajstić information content (AvgIpc) is 3.62. The van der Waals surface area contributed by atoms with Gasteiger partial charge < -0.3 is 25.4 Å². The Hall–Kier alpha value is -3.46. The minimum atomic E-state index is -0.276. The van der Waals surface area contributed by atoms with Crippen LogP contribution in [0.25, 0.3) is 11.1 Å². The maximum Gasteiger partial charge on any atom is 0.259 e. The van der Waals surface area contributed by atoms with Crippen molar-refractivity contribution in [1.82, 2.24) is 20.1 Å². The number of ether oxygens (including phenoxy) is 2. The number of hydrogen-bond donors (Lipinski definition) is 2. The molecule has 1 saturated heterocycles. The van der Waals surface area contributed by atoms with Crippen molar-refractivity contribution < 1.29 is 14.3 Å². The van der Waals surface area contributed by atoms with Gasteiger partial charge in [0.2, 0.25) is 0 Å². The lowest BCUT2D eigenvalue weighted by molar-refractivity contribution is 0.0272. The number of benzene rings is 2. The van der Waals surface area contributed by atoms with Crippen LogP contribution in [0.2, 0.25) is 0 Å². The molecule has 1 saturated carbocycles. The molecular weight excluding hydrogens is 514 g/mol. The highest BCUT2D eigenvalue weighted by atomic mass is 16.5. The molecule has 41 heavy (non-hydrogen) atoms. The zero-order chi connectivity index (χ0) is 28.3. The van der Waals surface area contributed by atoms with Gasteiger partial charge in [-0.15, -0.1) is 0 Å². The lowest BCUT2D eigenvalue weighted by Crippen LogP contribution is -2.45. The molecule has 6 rings (SSSR count). The van der Waals surface area contributed by atoms with E-state index in [1.807, 2.05) is 0 Å². The maximum absolute atomic E-state index is 13.0. The highest BCUT2D eigenvalue weighted by Gasteiger charge is 2.32. The van der Waals surface area contributed by atoms with Crippen LogP contribution in [-0.2, 0) is 17.8 Å². The van der Waals surface area contributed by atoms with E-state index in [1.165, 1.54) is 42.0 Å². The standard InChI is InChI=1S/C33H41N5O3/c1-37-16-18-38(19-17-37)28-13-11-25-20-24(10-12-26(25)28)23-8-6-22(7-9-23)21-41-29-5-3-4-27(29)36-33(39)31-30(40-2)14-15-35-32(31)34/h6-10,12,14-15,20,27-29H,3-5,11,13,16-19,21H2,1-2H3,(H2,34,35)(H,36,39)/t27-,28-,29-/m0/s1. The Bertz CT molecular complexity index is 1370. The average molecular weight is 556 g/mol. The monoisotopic (exact) mass is 555 g/mol. The Kier molecular flexibility index (Phi) is 8.23. The number of hydrogen-bond acceptors (Lipinski definition) is 7. The van der Waals surface area contributed by atoms with Gasteiger partial charge in [-0.3, -0.25) is 9.69 Å². The Labute approximate surface area is 242 Å². The fraction of sp³-hybridized carbons (Fsp3) is 0.455. The van der Waals surface area contributed by atoms with Crippen LogP contribution in [0, 0.1) is 0 Å². The molecule has 2 aliphatic carbocycles. The van der Waals surface area contributed by atoms with Crippen molar-refractivity contribution in [2.75, 3.05) is 46.1 Å². The molecule has 216 valence electrons. The van der Waals surface area contributed by atoms with Crippen LogP contribution >= 0.6 is 0 Å². The second-order valence-electron chi connectivity index (χ2n) is 11.6. The molecule has 0 bridgehead atoms. The molecular formula is C33H41N5O3. The highest BCUT2D eigenvalue weighted by Crippen LogP contribution is 2.38. The van der Waals surface area contributed by atoms with E-state index in [0.717, 1.165) is 57.4 Å². The van der Waals surface area contributed by atoms with E-state index in [0.29, 0.717) is 18.4 Å². The molecule has 0 unspecified atom stereocenters. The van der Waals surface area contributed by atoms with E-state index in [-0.39, 0.29) is 29.4 Å². The van der Waals surface area contributed by atoms with Gasteiger partial charge in [0.05, 0.1) is 25.9 Å². The Morgan fingerprint density at radius 3 is 2.59 bits per heavy atom.